The number of nitrogens with zero attached hydrogens (tertiary/aromatic N) is 2. The summed E-state index contributed by atoms with van der Waals surface area (Å²) < 4.78 is 29.9. The molecular weight excluding hydrogens is 386 g/mol. The number of piperazine rings is 1. The van der Waals surface area contributed by atoms with Crippen LogP contribution in [0.25, 0.3) is 22.2 Å². The fraction of sp³-hybridized carbons (Fsp3) is 0.200. The first-order valence-electron chi connectivity index (χ1n) is 8.70. The van der Waals surface area contributed by atoms with E-state index in [0.717, 1.165) is 6.07 Å². The highest BCUT2D eigenvalue weighted by Crippen LogP contribution is 2.32. The van der Waals surface area contributed by atoms with Gasteiger partial charge in [0.25, 0.3) is 0 Å². The molecule has 142 valence electrons. The molecule has 2 heterocycles. The number of aromatic nitrogens is 1. The van der Waals surface area contributed by atoms with Gasteiger partial charge in [0.15, 0.2) is 17.1 Å². The molecule has 2 aromatic carbocycles. The zero-order chi connectivity index (χ0) is 19.8. The molecule has 1 saturated heterocycles. The van der Waals surface area contributed by atoms with Gasteiger partial charge in [0.05, 0.1) is 28.2 Å². The lowest BCUT2D eigenvalue weighted by Gasteiger charge is -2.30. The van der Waals surface area contributed by atoms with Gasteiger partial charge in [0.2, 0.25) is 0 Å². The normalized spacial score (nSPS) is 14.3. The van der Waals surface area contributed by atoms with Gasteiger partial charge < -0.3 is 15.2 Å². The summed E-state index contributed by atoms with van der Waals surface area (Å²) in [4.78, 5) is 17.2. The van der Waals surface area contributed by atoms with E-state index in [9.17, 15) is 9.18 Å². The molecule has 0 spiro atoms. The van der Waals surface area contributed by atoms with Crippen molar-refractivity contribution >= 4 is 28.2 Å². The maximum absolute atomic E-state index is 15.1. The lowest BCUT2D eigenvalue weighted by Crippen LogP contribution is -2.44. The maximum Gasteiger partial charge on any atom is 0.193 e. The molecule has 4 rings (SSSR count). The number of hydrogen-bond donors (Lipinski definition) is 2. The monoisotopic (exact) mass is 400 g/mol. The Morgan fingerprint density at radius 2 is 1.89 bits per heavy atom. The molecule has 0 bridgehead atoms. The summed E-state index contributed by atoms with van der Waals surface area (Å²) in [6.45, 7) is 2.12. The minimum Gasteiger partial charge on any atom is -0.364 e. The van der Waals surface area contributed by atoms with Gasteiger partial charge in [-0.1, -0.05) is 11.6 Å². The zero-order valence-electron chi connectivity index (χ0n) is 14.7. The topological polar surface area (TPSA) is 71.9 Å². The van der Waals surface area contributed by atoms with Gasteiger partial charge >= 0.3 is 0 Å². The molecule has 2 N–H and O–H groups in total. The summed E-state index contributed by atoms with van der Waals surface area (Å²) in [7, 11) is 0. The number of nitriles is 1. The van der Waals surface area contributed by atoms with Crippen molar-refractivity contribution in [1.29, 1.82) is 5.26 Å². The van der Waals surface area contributed by atoms with Crippen LogP contribution in [0.2, 0.25) is 5.02 Å². The molecule has 1 aliphatic rings. The van der Waals surface area contributed by atoms with Crippen molar-refractivity contribution < 1.29 is 8.78 Å². The van der Waals surface area contributed by atoms with Crippen LogP contribution in [0.1, 0.15) is 5.56 Å². The van der Waals surface area contributed by atoms with E-state index in [-0.39, 0.29) is 22.3 Å². The Bertz CT molecular complexity index is 1180. The van der Waals surface area contributed by atoms with Crippen LogP contribution in [0, 0.1) is 23.0 Å². The second-order valence-electron chi connectivity index (χ2n) is 6.53. The van der Waals surface area contributed by atoms with Crippen LogP contribution in [-0.4, -0.2) is 31.2 Å². The molecule has 0 radical (unpaired) electrons. The van der Waals surface area contributed by atoms with Crippen LogP contribution in [0.3, 0.4) is 0 Å². The minimum atomic E-state index is -0.874. The van der Waals surface area contributed by atoms with Crippen molar-refractivity contribution in [3.05, 3.63) is 62.8 Å². The van der Waals surface area contributed by atoms with Crippen LogP contribution in [0.5, 0.6) is 0 Å². The van der Waals surface area contributed by atoms with E-state index < -0.39 is 17.1 Å². The Hall–Kier alpha value is -2.95. The molecule has 0 aliphatic carbocycles. The quantitative estimate of drug-likeness (QED) is 0.691. The Balaban J connectivity index is 1.91. The standard InChI is InChI=1S/C20H15ClF2N4O/c21-13-2-1-11(10-24)7-12(13)15-9-17(28)18-16(26-15)8-14(22)20(19(18)23)27-5-3-25-4-6-27/h1-2,7-9,25H,3-6H2,(H,26,28). The average molecular weight is 401 g/mol. The Labute approximate surface area is 164 Å². The Kier molecular flexibility index (Phi) is 4.75. The highest BCUT2D eigenvalue weighted by molar-refractivity contribution is 6.33. The third-order valence-corrected chi connectivity index (χ3v) is 5.13. The average Bonchev–Trinajstić information content (AvgIpc) is 2.68. The van der Waals surface area contributed by atoms with Gasteiger partial charge in [-0.2, -0.15) is 5.26 Å². The van der Waals surface area contributed by atoms with E-state index >= 15 is 4.39 Å². The van der Waals surface area contributed by atoms with Gasteiger partial charge in [0.1, 0.15) is 5.69 Å². The fourth-order valence-corrected chi connectivity index (χ4v) is 3.68. The van der Waals surface area contributed by atoms with Crippen LogP contribution in [-0.2, 0) is 0 Å². The first-order chi connectivity index (χ1) is 13.5. The summed E-state index contributed by atoms with van der Waals surface area (Å²) >= 11 is 6.19. The lowest BCUT2D eigenvalue weighted by atomic mass is 10.1. The molecule has 1 aliphatic heterocycles. The smallest absolute Gasteiger partial charge is 0.193 e. The Morgan fingerprint density at radius 3 is 2.61 bits per heavy atom. The van der Waals surface area contributed by atoms with Gasteiger partial charge in [0, 0.05) is 48.9 Å². The molecule has 28 heavy (non-hydrogen) atoms. The summed E-state index contributed by atoms with van der Waals surface area (Å²) in [5, 5.41) is 12.3. The predicted octanol–water partition coefficient (Wildman–Crippen LogP) is 3.41. The number of H-pyrrole nitrogens is 1. The molecule has 8 heteroatoms. The molecular formula is C20H15ClF2N4O. The molecule has 0 unspecified atom stereocenters. The van der Waals surface area contributed by atoms with E-state index in [1.807, 2.05) is 6.07 Å². The van der Waals surface area contributed by atoms with E-state index in [1.54, 1.807) is 11.0 Å². The molecule has 0 atom stereocenters. The van der Waals surface area contributed by atoms with E-state index in [0.29, 0.717) is 42.3 Å². The first kappa shape index (κ1) is 18.4. The van der Waals surface area contributed by atoms with Crippen LogP contribution < -0.4 is 15.6 Å². The number of fused-ring (bicyclic) bond motifs is 1. The lowest BCUT2D eigenvalue weighted by molar-refractivity contribution is 0.542. The molecule has 0 saturated carbocycles. The summed E-state index contributed by atoms with van der Waals surface area (Å²) in [5.74, 6) is -1.61. The van der Waals surface area contributed by atoms with Crippen LogP contribution >= 0.6 is 11.6 Å². The number of anilines is 1. The van der Waals surface area contributed by atoms with Gasteiger partial charge in [-0.25, -0.2) is 8.78 Å². The van der Waals surface area contributed by atoms with Crippen LogP contribution in [0.15, 0.2) is 35.1 Å². The van der Waals surface area contributed by atoms with Crippen molar-refractivity contribution in [3.63, 3.8) is 0 Å². The van der Waals surface area contributed by atoms with Gasteiger partial charge in [-0.3, -0.25) is 4.79 Å². The summed E-state index contributed by atoms with van der Waals surface area (Å²) in [6, 6.07) is 8.94. The number of aromatic amines is 1. The number of nitrogens with one attached hydrogen (secondary N) is 2. The van der Waals surface area contributed by atoms with Crippen molar-refractivity contribution in [1.82, 2.24) is 10.3 Å². The second kappa shape index (κ2) is 7.23. The van der Waals surface area contributed by atoms with Gasteiger partial charge in [-0.05, 0) is 18.2 Å². The van der Waals surface area contributed by atoms with Crippen LogP contribution in [0.4, 0.5) is 14.5 Å². The number of hydrogen-bond acceptors (Lipinski definition) is 4. The third kappa shape index (κ3) is 3.11. The van der Waals surface area contributed by atoms with E-state index in [4.69, 9.17) is 16.9 Å². The highest BCUT2D eigenvalue weighted by atomic mass is 35.5. The first-order valence-corrected chi connectivity index (χ1v) is 9.08. The summed E-state index contributed by atoms with van der Waals surface area (Å²) in [6.07, 6.45) is 0. The van der Waals surface area contributed by atoms with Crippen molar-refractivity contribution in [2.45, 2.75) is 0 Å². The molecule has 3 aromatic rings. The van der Waals surface area contributed by atoms with Crippen molar-refractivity contribution in [2.24, 2.45) is 0 Å². The molecule has 0 amide bonds. The number of pyridine rings is 1. The minimum absolute atomic E-state index is 0.0369. The largest absolute Gasteiger partial charge is 0.364 e. The van der Waals surface area contributed by atoms with Crippen molar-refractivity contribution in [3.8, 4) is 17.3 Å². The van der Waals surface area contributed by atoms with E-state index in [1.165, 1.54) is 18.2 Å². The zero-order valence-corrected chi connectivity index (χ0v) is 15.4. The number of benzene rings is 2. The third-order valence-electron chi connectivity index (χ3n) is 4.80. The molecule has 1 fully saturated rings. The summed E-state index contributed by atoms with van der Waals surface area (Å²) in [5.41, 5.74) is 0.314. The molecule has 1 aromatic heterocycles. The maximum atomic E-state index is 15.1. The second-order valence-corrected chi connectivity index (χ2v) is 6.94. The predicted molar refractivity (Wildman–Crippen MR) is 105 cm³/mol. The van der Waals surface area contributed by atoms with Gasteiger partial charge in [-0.15, -0.1) is 0 Å². The number of halogens is 3. The van der Waals surface area contributed by atoms with Crippen molar-refractivity contribution in [2.75, 3.05) is 31.1 Å². The molecule has 5 nitrogen and oxygen atoms in total. The number of rotatable bonds is 2. The fourth-order valence-electron chi connectivity index (χ4n) is 3.46. The Morgan fingerprint density at radius 1 is 1.14 bits per heavy atom. The highest BCUT2D eigenvalue weighted by Gasteiger charge is 2.23. The SMILES string of the molecule is N#Cc1ccc(Cl)c(-c2cc(=O)c3c(F)c(N4CCNCC4)c(F)cc3[nH]2)c1. The van der Waals surface area contributed by atoms with E-state index in [2.05, 4.69) is 10.3 Å².